The highest BCUT2D eigenvalue weighted by Gasteiger charge is 2.14. The van der Waals surface area contributed by atoms with E-state index in [9.17, 15) is 4.39 Å². The minimum Gasteiger partial charge on any atom is -0.486 e. The summed E-state index contributed by atoms with van der Waals surface area (Å²) in [6.45, 7) is 0.231. The molecule has 0 aliphatic heterocycles. The van der Waals surface area contributed by atoms with Crippen LogP contribution in [0.4, 0.5) is 4.39 Å². The average Bonchev–Trinajstić information content (AvgIpc) is 3.38. The quantitative estimate of drug-likeness (QED) is 0.474. The fourth-order valence-electron chi connectivity index (χ4n) is 2.63. The summed E-state index contributed by atoms with van der Waals surface area (Å²) in [5.41, 5.74) is 0.742. The SMILES string of the molecule is Fc1ccc(OCc2ccc(-c3nc4c5ccsc5ncn4n3)o2)cc1. The maximum absolute atomic E-state index is 12.9. The van der Waals surface area contributed by atoms with Crippen molar-refractivity contribution in [2.45, 2.75) is 6.61 Å². The first-order valence-corrected chi connectivity index (χ1v) is 8.70. The van der Waals surface area contributed by atoms with Gasteiger partial charge in [0, 0.05) is 0 Å². The van der Waals surface area contributed by atoms with Crippen molar-refractivity contribution < 1.29 is 13.5 Å². The van der Waals surface area contributed by atoms with E-state index in [2.05, 4.69) is 15.1 Å². The molecular weight excluding hydrogens is 355 g/mol. The molecule has 0 radical (unpaired) electrons. The number of fused-ring (bicyclic) bond motifs is 3. The molecule has 4 heterocycles. The molecule has 26 heavy (non-hydrogen) atoms. The smallest absolute Gasteiger partial charge is 0.217 e. The summed E-state index contributed by atoms with van der Waals surface area (Å²) < 4.78 is 25.9. The number of rotatable bonds is 4. The van der Waals surface area contributed by atoms with Crippen molar-refractivity contribution in [3.8, 4) is 17.3 Å². The molecule has 0 atom stereocenters. The van der Waals surface area contributed by atoms with Crippen molar-refractivity contribution in [3.05, 3.63) is 65.7 Å². The van der Waals surface area contributed by atoms with E-state index in [-0.39, 0.29) is 12.4 Å². The van der Waals surface area contributed by atoms with Gasteiger partial charge in [0.15, 0.2) is 11.4 Å². The van der Waals surface area contributed by atoms with E-state index in [4.69, 9.17) is 9.15 Å². The second kappa shape index (κ2) is 5.92. The van der Waals surface area contributed by atoms with E-state index in [0.29, 0.717) is 23.1 Å². The topological polar surface area (TPSA) is 65.5 Å². The molecule has 0 unspecified atom stereocenters. The Balaban J connectivity index is 1.40. The average molecular weight is 366 g/mol. The number of hydrogen-bond acceptors (Lipinski definition) is 6. The molecule has 0 N–H and O–H groups in total. The van der Waals surface area contributed by atoms with Crippen molar-refractivity contribution in [2.24, 2.45) is 0 Å². The zero-order valence-electron chi connectivity index (χ0n) is 13.3. The van der Waals surface area contributed by atoms with Crippen LogP contribution >= 0.6 is 11.3 Å². The van der Waals surface area contributed by atoms with E-state index in [1.54, 1.807) is 40.4 Å². The first kappa shape index (κ1) is 15.0. The van der Waals surface area contributed by atoms with Gasteiger partial charge in [-0.15, -0.1) is 16.4 Å². The van der Waals surface area contributed by atoms with E-state index < -0.39 is 0 Å². The van der Waals surface area contributed by atoms with Crippen LogP contribution in [0, 0.1) is 5.82 Å². The number of halogens is 1. The highest BCUT2D eigenvalue weighted by molar-refractivity contribution is 7.16. The monoisotopic (exact) mass is 366 g/mol. The van der Waals surface area contributed by atoms with Crippen LogP contribution in [0.2, 0.25) is 0 Å². The Labute approximate surface area is 150 Å². The molecule has 0 bridgehead atoms. The summed E-state index contributed by atoms with van der Waals surface area (Å²) in [5, 5.41) is 7.36. The molecule has 1 aromatic carbocycles. The maximum Gasteiger partial charge on any atom is 0.217 e. The molecule has 0 amide bonds. The number of ether oxygens (including phenoxy) is 1. The Bertz CT molecular complexity index is 1210. The molecule has 4 aromatic heterocycles. The molecule has 6 nitrogen and oxygen atoms in total. The number of benzene rings is 1. The number of aromatic nitrogens is 4. The van der Waals surface area contributed by atoms with E-state index in [1.807, 2.05) is 17.5 Å². The van der Waals surface area contributed by atoms with Crippen LogP contribution in [0.5, 0.6) is 5.75 Å². The van der Waals surface area contributed by atoms with Gasteiger partial charge in [-0.05, 0) is 47.8 Å². The Hall–Kier alpha value is -3.26. The summed E-state index contributed by atoms with van der Waals surface area (Å²) in [7, 11) is 0. The summed E-state index contributed by atoms with van der Waals surface area (Å²) in [6, 6.07) is 11.4. The lowest BCUT2D eigenvalue weighted by molar-refractivity contribution is 0.271. The van der Waals surface area contributed by atoms with Gasteiger partial charge in [0.25, 0.3) is 0 Å². The van der Waals surface area contributed by atoms with Crippen molar-refractivity contribution in [1.82, 2.24) is 19.6 Å². The number of thiophene rings is 1. The van der Waals surface area contributed by atoms with Crippen LogP contribution in [-0.2, 0) is 6.61 Å². The van der Waals surface area contributed by atoms with Crippen LogP contribution < -0.4 is 4.74 Å². The van der Waals surface area contributed by atoms with Gasteiger partial charge in [-0.25, -0.2) is 18.9 Å². The summed E-state index contributed by atoms with van der Waals surface area (Å²) in [6.07, 6.45) is 1.65. The summed E-state index contributed by atoms with van der Waals surface area (Å²) in [4.78, 5) is 9.84. The zero-order valence-corrected chi connectivity index (χ0v) is 14.1. The lowest BCUT2D eigenvalue weighted by Gasteiger charge is -2.03. The van der Waals surface area contributed by atoms with Crippen molar-refractivity contribution in [3.63, 3.8) is 0 Å². The lowest BCUT2D eigenvalue weighted by atomic mass is 10.3. The highest BCUT2D eigenvalue weighted by atomic mass is 32.1. The zero-order chi connectivity index (χ0) is 17.5. The van der Waals surface area contributed by atoms with Gasteiger partial charge in [-0.1, -0.05) is 0 Å². The van der Waals surface area contributed by atoms with Gasteiger partial charge in [-0.2, -0.15) is 0 Å². The second-order valence-corrected chi connectivity index (χ2v) is 6.49. The van der Waals surface area contributed by atoms with Gasteiger partial charge in [0.05, 0.1) is 5.39 Å². The molecule has 8 heteroatoms. The predicted molar refractivity (Wildman–Crippen MR) is 94.6 cm³/mol. The third-order valence-electron chi connectivity index (χ3n) is 3.88. The minimum atomic E-state index is -0.301. The van der Waals surface area contributed by atoms with E-state index >= 15 is 0 Å². The van der Waals surface area contributed by atoms with Crippen LogP contribution in [0.1, 0.15) is 5.76 Å². The van der Waals surface area contributed by atoms with E-state index in [0.717, 1.165) is 15.9 Å². The molecule has 0 spiro atoms. The van der Waals surface area contributed by atoms with Gasteiger partial charge >= 0.3 is 0 Å². The van der Waals surface area contributed by atoms with Crippen molar-refractivity contribution in [1.29, 1.82) is 0 Å². The number of hydrogen-bond donors (Lipinski definition) is 0. The van der Waals surface area contributed by atoms with Crippen LogP contribution in [-0.4, -0.2) is 19.6 Å². The van der Waals surface area contributed by atoms with Crippen molar-refractivity contribution >= 4 is 27.2 Å². The molecule has 5 rings (SSSR count). The Morgan fingerprint density at radius 3 is 2.88 bits per heavy atom. The third-order valence-corrected chi connectivity index (χ3v) is 4.70. The highest BCUT2D eigenvalue weighted by Crippen LogP contribution is 2.25. The lowest BCUT2D eigenvalue weighted by Crippen LogP contribution is -1.93. The molecule has 128 valence electrons. The first-order chi connectivity index (χ1) is 12.8. The maximum atomic E-state index is 12.9. The molecule has 5 aromatic rings. The largest absolute Gasteiger partial charge is 0.486 e. The Morgan fingerprint density at radius 1 is 1.12 bits per heavy atom. The van der Waals surface area contributed by atoms with Crippen LogP contribution in [0.3, 0.4) is 0 Å². The molecule has 0 saturated heterocycles. The minimum absolute atomic E-state index is 0.231. The Kier molecular flexibility index (Phi) is 3.42. The molecule has 0 saturated carbocycles. The van der Waals surface area contributed by atoms with Crippen molar-refractivity contribution in [2.75, 3.05) is 0 Å². The summed E-state index contributed by atoms with van der Waals surface area (Å²) >= 11 is 1.56. The van der Waals surface area contributed by atoms with Gasteiger partial charge in [-0.3, -0.25) is 0 Å². The Morgan fingerprint density at radius 2 is 2.00 bits per heavy atom. The third kappa shape index (κ3) is 2.60. The van der Waals surface area contributed by atoms with Gasteiger partial charge in [0.1, 0.15) is 35.1 Å². The molecule has 0 aliphatic rings. The number of furan rings is 1. The summed E-state index contributed by atoms with van der Waals surface area (Å²) in [5.74, 6) is 1.93. The van der Waals surface area contributed by atoms with Gasteiger partial charge < -0.3 is 9.15 Å². The van der Waals surface area contributed by atoms with Crippen LogP contribution in [0.15, 0.2) is 58.6 Å². The predicted octanol–water partition coefficient (Wildman–Crippen LogP) is 4.32. The molecular formula is C18H11FN4O2S. The fourth-order valence-corrected chi connectivity index (χ4v) is 3.36. The first-order valence-electron chi connectivity index (χ1n) is 7.82. The standard InChI is InChI=1S/C18H11FN4O2S/c19-11-1-3-12(4-2-11)24-9-13-5-6-15(25-13)16-21-17-14-7-8-26-18(14)20-10-23(17)22-16/h1-8,10H,9H2. The fraction of sp³-hybridized carbons (Fsp3) is 0.0556. The van der Waals surface area contributed by atoms with Gasteiger partial charge in [0.2, 0.25) is 5.82 Å². The van der Waals surface area contributed by atoms with Crippen LogP contribution in [0.25, 0.3) is 27.4 Å². The normalized spacial score (nSPS) is 11.4. The second-order valence-electron chi connectivity index (χ2n) is 5.60. The molecule has 0 fully saturated rings. The number of nitrogens with zero attached hydrogens (tertiary/aromatic N) is 4. The molecule has 0 aliphatic carbocycles. The van der Waals surface area contributed by atoms with E-state index in [1.165, 1.54) is 12.1 Å².